The Kier molecular flexibility index (Phi) is 5.36. The number of hydrogen-bond acceptors (Lipinski definition) is 4. The van der Waals surface area contributed by atoms with E-state index in [0.29, 0.717) is 43.3 Å². The molecule has 1 amide bonds. The van der Waals surface area contributed by atoms with E-state index in [9.17, 15) is 14.1 Å². The molecule has 0 aromatic heterocycles. The molecule has 1 fully saturated rings. The van der Waals surface area contributed by atoms with E-state index in [4.69, 9.17) is 0 Å². The number of nitrogens with zero attached hydrogens (tertiary/aromatic N) is 2. The molecule has 29 heavy (non-hydrogen) atoms. The molecule has 3 aliphatic rings. The first kappa shape index (κ1) is 20.3. The van der Waals surface area contributed by atoms with Crippen molar-refractivity contribution >= 4 is 18.0 Å². The SMILES string of the molecule is CCCP1(O)(c2cc(CC3=C4C=CC=CC4C(=O)N=N3)ccc2F)CCNCC1. The molecular weight excluding hydrogens is 388 g/mol. The molecule has 1 aromatic rings. The maximum atomic E-state index is 15.0. The fraction of sp³-hybridized carbons (Fsp3) is 0.409. The Morgan fingerprint density at radius 2 is 2.03 bits per heavy atom. The number of azo groups is 1. The summed E-state index contributed by atoms with van der Waals surface area (Å²) in [5.41, 5.74) is 2.44. The van der Waals surface area contributed by atoms with E-state index < -0.39 is 6.83 Å². The Morgan fingerprint density at radius 3 is 2.79 bits per heavy atom. The summed E-state index contributed by atoms with van der Waals surface area (Å²) in [5.74, 6) is -0.968. The molecule has 1 aromatic carbocycles. The fourth-order valence-electron chi connectivity index (χ4n) is 4.74. The number of amides is 1. The van der Waals surface area contributed by atoms with Crippen molar-refractivity contribution < 1.29 is 14.1 Å². The predicted octanol–water partition coefficient (Wildman–Crippen LogP) is 3.46. The first-order valence-electron chi connectivity index (χ1n) is 10.2. The van der Waals surface area contributed by atoms with Gasteiger partial charge in [-0.1, -0.05) is 0 Å². The van der Waals surface area contributed by atoms with Crippen LogP contribution >= 0.6 is 6.83 Å². The molecule has 2 N–H and O–H groups in total. The van der Waals surface area contributed by atoms with Crippen LogP contribution in [0.5, 0.6) is 0 Å². The third-order valence-electron chi connectivity index (χ3n) is 6.28. The van der Waals surface area contributed by atoms with Crippen LogP contribution in [0.1, 0.15) is 18.9 Å². The molecule has 5 nitrogen and oxygen atoms in total. The Balaban J connectivity index is 1.73. The van der Waals surface area contributed by atoms with Gasteiger partial charge in [-0.2, -0.15) is 0 Å². The van der Waals surface area contributed by atoms with Gasteiger partial charge < -0.3 is 0 Å². The van der Waals surface area contributed by atoms with E-state index in [2.05, 4.69) is 15.5 Å². The number of carbonyl (C=O) groups is 1. The van der Waals surface area contributed by atoms with Crippen LogP contribution in [0.2, 0.25) is 0 Å². The minimum atomic E-state index is -3.33. The van der Waals surface area contributed by atoms with E-state index in [1.54, 1.807) is 6.07 Å². The molecule has 1 aliphatic carbocycles. The van der Waals surface area contributed by atoms with Gasteiger partial charge in [-0.3, -0.25) is 0 Å². The monoisotopic (exact) mass is 415 g/mol. The van der Waals surface area contributed by atoms with Gasteiger partial charge in [0.1, 0.15) is 0 Å². The van der Waals surface area contributed by atoms with E-state index in [1.165, 1.54) is 6.07 Å². The number of carbonyl (C=O) groups excluding carboxylic acids is 1. The van der Waals surface area contributed by atoms with Crippen molar-refractivity contribution in [1.29, 1.82) is 0 Å². The first-order valence-corrected chi connectivity index (χ1v) is 13.0. The zero-order chi connectivity index (χ0) is 20.5. The molecule has 2 heterocycles. The van der Waals surface area contributed by atoms with Gasteiger partial charge in [0.15, 0.2) is 0 Å². The van der Waals surface area contributed by atoms with Gasteiger partial charge in [-0.05, 0) is 0 Å². The van der Waals surface area contributed by atoms with Crippen LogP contribution in [0.4, 0.5) is 4.39 Å². The predicted molar refractivity (Wildman–Crippen MR) is 115 cm³/mol. The van der Waals surface area contributed by atoms with Gasteiger partial charge in [0.2, 0.25) is 0 Å². The number of hydrogen-bond donors (Lipinski definition) is 2. The summed E-state index contributed by atoms with van der Waals surface area (Å²) in [5, 5.41) is 11.7. The Morgan fingerprint density at radius 1 is 1.24 bits per heavy atom. The molecule has 154 valence electrons. The van der Waals surface area contributed by atoms with Crippen LogP contribution in [-0.2, 0) is 11.2 Å². The molecule has 0 spiro atoms. The van der Waals surface area contributed by atoms with Crippen molar-refractivity contribution in [3.8, 4) is 0 Å². The number of allylic oxidation sites excluding steroid dienone is 4. The first-order chi connectivity index (χ1) is 13.9. The number of rotatable bonds is 5. The van der Waals surface area contributed by atoms with Crippen LogP contribution in [0, 0.1) is 11.7 Å². The summed E-state index contributed by atoms with van der Waals surface area (Å²) < 4.78 is 15.0. The van der Waals surface area contributed by atoms with Crippen molar-refractivity contribution in [2.24, 2.45) is 16.1 Å². The molecule has 0 bridgehead atoms. The molecule has 1 unspecified atom stereocenters. The van der Waals surface area contributed by atoms with Crippen molar-refractivity contribution in [1.82, 2.24) is 5.32 Å². The zero-order valence-corrected chi connectivity index (χ0v) is 17.5. The van der Waals surface area contributed by atoms with Crippen molar-refractivity contribution in [3.05, 3.63) is 65.2 Å². The molecule has 0 radical (unpaired) electrons. The third kappa shape index (κ3) is 3.65. The molecule has 4 rings (SSSR count). The fourth-order valence-corrected chi connectivity index (χ4v) is 9.68. The molecular formula is C22H27FN3O2P. The number of nitrogens with one attached hydrogen (secondary N) is 1. The summed E-state index contributed by atoms with van der Waals surface area (Å²) in [6, 6.07) is 5.05. The molecule has 1 saturated heterocycles. The maximum absolute atomic E-state index is 15.0. The second kappa shape index (κ2) is 7.67. The summed E-state index contributed by atoms with van der Waals surface area (Å²) in [4.78, 5) is 24.0. The summed E-state index contributed by atoms with van der Waals surface area (Å²) in [7, 11) is 0. The van der Waals surface area contributed by atoms with Crippen LogP contribution in [0.15, 0.2) is 64.0 Å². The van der Waals surface area contributed by atoms with E-state index in [-0.39, 0.29) is 17.6 Å². The van der Waals surface area contributed by atoms with Gasteiger partial charge in [0.05, 0.1) is 0 Å². The van der Waals surface area contributed by atoms with Crippen molar-refractivity contribution in [2.45, 2.75) is 19.8 Å². The molecule has 2 aliphatic heterocycles. The van der Waals surface area contributed by atoms with Crippen molar-refractivity contribution in [3.63, 3.8) is 0 Å². The molecule has 1 atom stereocenters. The normalized spacial score (nSPS) is 26.1. The Hall–Kier alpha value is -2.01. The zero-order valence-electron chi connectivity index (χ0n) is 16.6. The number of halogens is 1. The second-order valence-corrected chi connectivity index (χ2v) is 13.4. The average Bonchev–Trinajstić information content (AvgIpc) is 2.72. The van der Waals surface area contributed by atoms with Gasteiger partial charge >= 0.3 is 170 Å². The van der Waals surface area contributed by atoms with Gasteiger partial charge in [-0.15, -0.1) is 0 Å². The Bertz CT molecular complexity index is 953. The number of benzene rings is 1. The van der Waals surface area contributed by atoms with E-state index in [0.717, 1.165) is 23.3 Å². The molecule has 0 saturated carbocycles. The minimum absolute atomic E-state index is 0.262. The summed E-state index contributed by atoms with van der Waals surface area (Å²) in [6.07, 6.45) is 10.6. The van der Waals surface area contributed by atoms with E-state index in [1.807, 2.05) is 37.3 Å². The van der Waals surface area contributed by atoms with E-state index >= 15 is 0 Å². The van der Waals surface area contributed by atoms with Crippen LogP contribution in [-0.4, -0.2) is 42.4 Å². The average molecular weight is 415 g/mol. The standard InChI is InChI=1S/C22H27FN3O2P/c1-2-11-29(28,12-9-24-10-13-29)21-15-16(7-8-19(21)23)14-20-17-5-3-4-6-18(17)22(27)26-25-20/h3-8,15,18,24,28H,2,9-14H2,1H3. The Labute approximate surface area is 170 Å². The van der Waals surface area contributed by atoms with Crippen LogP contribution in [0.25, 0.3) is 0 Å². The van der Waals surface area contributed by atoms with Crippen LogP contribution in [0.3, 0.4) is 0 Å². The quantitative estimate of drug-likeness (QED) is 0.724. The van der Waals surface area contributed by atoms with Gasteiger partial charge in [0.25, 0.3) is 0 Å². The van der Waals surface area contributed by atoms with Crippen LogP contribution < -0.4 is 10.6 Å². The van der Waals surface area contributed by atoms with Gasteiger partial charge in [-0.25, -0.2) is 0 Å². The summed E-state index contributed by atoms with van der Waals surface area (Å²) in [6.45, 7) is 0.139. The number of fused-ring (bicyclic) bond motifs is 1. The molecule has 7 heteroatoms. The topological polar surface area (TPSA) is 74.0 Å². The summed E-state index contributed by atoms with van der Waals surface area (Å²) >= 11 is 0. The second-order valence-electron chi connectivity index (χ2n) is 8.21. The van der Waals surface area contributed by atoms with Crippen molar-refractivity contribution in [2.75, 3.05) is 31.6 Å². The van der Waals surface area contributed by atoms with Gasteiger partial charge in [0, 0.05) is 0 Å². The third-order valence-corrected chi connectivity index (χ3v) is 11.9.